The molecule has 1 fully saturated rings. The van der Waals surface area contributed by atoms with Gasteiger partial charge in [-0.15, -0.1) is 21.8 Å². The van der Waals surface area contributed by atoms with E-state index in [1.807, 2.05) is 0 Å². The lowest BCUT2D eigenvalue weighted by atomic mass is 9.93. The minimum absolute atomic E-state index is 0.362. The summed E-state index contributed by atoms with van der Waals surface area (Å²) in [7, 11) is 0. The Morgan fingerprint density at radius 1 is 1.64 bits per heavy atom. The molecule has 0 spiro atoms. The molecule has 1 aliphatic rings. The quantitative estimate of drug-likeness (QED) is 0.720. The van der Waals surface area contributed by atoms with Crippen LogP contribution in [0.25, 0.3) is 0 Å². The van der Waals surface area contributed by atoms with Gasteiger partial charge in [0.2, 0.25) is 5.13 Å². The van der Waals surface area contributed by atoms with Crippen LogP contribution in [-0.2, 0) is 0 Å². The molecule has 0 saturated heterocycles. The molecule has 1 aromatic heterocycles. The van der Waals surface area contributed by atoms with Crippen molar-refractivity contribution in [2.75, 3.05) is 5.32 Å². The number of rotatable bonds is 2. The van der Waals surface area contributed by atoms with E-state index < -0.39 is 0 Å². The molecule has 0 aliphatic heterocycles. The van der Waals surface area contributed by atoms with Crippen molar-refractivity contribution in [1.29, 1.82) is 0 Å². The smallest absolute Gasteiger partial charge is 0.205 e. The molecule has 5 heteroatoms. The summed E-state index contributed by atoms with van der Waals surface area (Å²) in [5.41, 5.74) is 1.72. The first kappa shape index (κ1) is 7.31. The van der Waals surface area contributed by atoms with Crippen molar-refractivity contribution in [3.63, 3.8) is 0 Å². The summed E-state index contributed by atoms with van der Waals surface area (Å²) in [6.45, 7) is 0. The van der Waals surface area contributed by atoms with Gasteiger partial charge >= 0.3 is 0 Å². The van der Waals surface area contributed by atoms with E-state index in [0.29, 0.717) is 11.4 Å². The van der Waals surface area contributed by atoms with Gasteiger partial charge in [-0.2, -0.15) is 0 Å². The maximum atomic E-state index is 5.81. The SMILES string of the molecule is ClC1CC(Nc2nncs2)C1. The standard InChI is InChI=1S/C6H8ClN3S/c7-4-1-5(2-4)9-6-10-8-3-11-6/h3-5H,1-2H2,(H,9,10). The number of alkyl halides is 1. The van der Waals surface area contributed by atoms with E-state index in [-0.39, 0.29) is 0 Å². The van der Waals surface area contributed by atoms with Gasteiger partial charge in [0, 0.05) is 11.4 Å². The van der Waals surface area contributed by atoms with Crippen LogP contribution in [0.4, 0.5) is 5.13 Å². The second kappa shape index (κ2) is 2.95. The van der Waals surface area contributed by atoms with Crippen LogP contribution >= 0.6 is 22.9 Å². The summed E-state index contributed by atoms with van der Waals surface area (Å²) < 4.78 is 0. The third kappa shape index (κ3) is 1.62. The van der Waals surface area contributed by atoms with Gasteiger partial charge in [-0.25, -0.2) is 0 Å². The highest BCUT2D eigenvalue weighted by atomic mass is 35.5. The van der Waals surface area contributed by atoms with E-state index >= 15 is 0 Å². The fourth-order valence-corrected chi connectivity index (χ4v) is 2.03. The predicted octanol–water partition coefficient (Wildman–Crippen LogP) is 1.72. The zero-order chi connectivity index (χ0) is 7.68. The Labute approximate surface area is 73.8 Å². The number of nitrogens with zero attached hydrogens (tertiary/aromatic N) is 2. The summed E-state index contributed by atoms with van der Waals surface area (Å²) in [5, 5.41) is 12.1. The lowest BCUT2D eigenvalue weighted by molar-refractivity contribution is 0.454. The molecule has 0 aromatic carbocycles. The van der Waals surface area contributed by atoms with Crippen molar-refractivity contribution in [1.82, 2.24) is 10.2 Å². The van der Waals surface area contributed by atoms with Gasteiger partial charge in [-0.3, -0.25) is 0 Å². The molecule has 0 unspecified atom stereocenters. The van der Waals surface area contributed by atoms with Crippen LogP contribution in [0.2, 0.25) is 0 Å². The van der Waals surface area contributed by atoms with E-state index in [1.54, 1.807) is 5.51 Å². The van der Waals surface area contributed by atoms with Crippen LogP contribution in [0.15, 0.2) is 5.51 Å². The number of nitrogens with one attached hydrogen (secondary N) is 1. The highest BCUT2D eigenvalue weighted by Gasteiger charge is 2.27. The minimum atomic E-state index is 0.362. The molecule has 1 aromatic rings. The first-order valence-corrected chi connectivity index (χ1v) is 4.83. The molecule has 1 saturated carbocycles. The Kier molecular flexibility index (Phi) is 1.96. The Balaban J connectivity index is 1.84. The number of anilines is 1. The van der Waals surface area contributed by atoms with Crippen LogP contribution in [0.1, 0.15) is 12.8 Å². The first-order chi connectivity index (χ1) is 5.34. The maximum Gasteiger partial charge on any atom is 0.205 e. The third-order valence-electron chi connectivity index (χ3n) is 1.77. The molecule has 0 radical (unpaired) electrons. The van der Waals surface area contributed by atoms with Gasteiger partial charge in [0.05, 0.1) is 0 Å². The molecule has 0 bridgehead atoms. The summed E-state index contributed by atoms with van der Waals surface area (Å²) in [6, 6.07) is 0.519. The summed E-state index contributed by atoms with van der Waals surface area (Å²) in [4.78, 5) is 0. The van der Waals surface area contributed by atoms with E-state index in [2.05, 4.69) is 15.5 Å². The van der Waals surface area contributed by atoms with Gasteiger partial charge in [0.15, 0.2) is 0 Å². The zero-order valence-electron chi connectivity index (χ0n) is 5.83. The fraction of sp³-hybridized carbons (Fsp3) is 0.667. The van der Waals surface area contributed by atoms with Gasteiger partial charge in [0.25, 0.3) is 0 Å². The summed E-state index contributed by atoms with van der Waals surface area (Å²) in [5.74, 6) is 0. The predicted molar refractivity (Wildman–Crippen MR) is 46.2 cm³/mol. The highest BCUT2D eigenvalue weighted by Crippen LogP contribution is 2.28. The average molecular weight is 190 g/mol. The Morgan fingerprint density at radius 2 is 2.45 bits per heavy atom. The van der Waals surface area contributed by atoms with Crippen LogP contribution in [0, 0.1) is 0 Å². The lowest BCUT2D eigenvalue weighted by Gasteiger charge is -2.31. The van der Waals surface area contributed by atoms with Crippen LogP contribution in [0.3, 0.4) is 0 Å². The van der Waals surface area contributed by atoms with Gasteiger partial charge in [-0.1, -0.05) is 11.3 Å². The second-order valence-corrected chi connectivity index (χ2v) is 4.10. The topological polar surface area (TPSA) is 37.8 Å². The van der Waals surface area contributed by atoms with Crippen LogP contribution in [-0.4, -0.2) is 21.6 Å². The van der Waals surface area contributed by atoms with E-state index in [1.165, 1.54) is 11.3 Å². The van der Waals surface area contributed by atoms with E-state index in [4.69, 9.17) is 11.6 Å². The van der Waals surface area contributed by atoms with Crippen LogP contribution in [0.5, 0.6) is 0 Å². The number of aromatic nitrogens is 2. The van der Waals surface area contributed by atoms with Crippen molar-refractivity contribution in [2.24, 2.45) is 0 Å². The van der Waals surface area contributed by atoms with Gasteiger partial charge in [0.1, 0.15) is 5.51 Å². The van der Waals surface area contributed by atoms with Crippen molar-refractivity contribution in [3.05, 3.63) is 5.51 Å². The van der Waals surface area contributed by atoms with Gasteiger partial charge in [-0.05, 0) is 12.8 Å². The molecule has 1 N–H and O–H groups in total. The van der Waals surface area contributed by atoms with Gasteiger partial charge < -0.3 is 5.32 Å². The monoisotopic (exact) mass is 189 g/mol. The molecular weight excluding hydrogens is 182 g/mol. The molecule has 1 heterocycles. The summed E-state index contributed by atoms with van der Waals surface area (Å²) >= 11 is 7.34. The average Bonchev–Trinajstić information content (AvgIpc) is 2.36. The molecule has 11 heavy (non-hydrogen) atoms. The molecular formula is C6H8ClN3S. The zero-order valence-corrected chi connectivity index (χ0v) is 7.40. The molecule has 0 atom stereocenters. The van der Waals surface area contributed by atoms with E-state index in [9.17, 15) is 0 Å². The number of hydrogen-bond donors (Lipinski definition) is 1. The van der Waals surface area contributed by atoms with Crippen molar-refractivity contribution < 1.29 is 0 Å². The fourth-order valence-electron chi connectivity index (χ4n) is 1.08. The van der Waals surface area contributed by atoms with Crippen molar-refractivity contribution >= 4 is 28.1 Å². The van der Waals surface area contributed by atoms with Crippen molar-refractivity contribution in [2.45, 2.75) is 24.3 Å². The maximum absolute atomic E-state index is 5.81. The molecule has 2 rings (SSSR count). The Hall–Kier alpha value is -0.350. The van der Waals surface area contributed by atoms with Crippen LogP contribution < -0.4 is 5.32 Å². The Bertz CT molecular complexity index is 220. The Morgan fingerprint density at radius 3 is 3.00 bits per heavy atom. The van der Waals surface area contributed by atoms with Crippen molar-refractivity contribution in [3.8, 4) is 0 Å². The molecule has 3 nitrogen and oxygen atoms in total. The molecule has 0 amide bonds. The second-order valence-electron chi connectivity index (χ2n) is 2.65. The molecule has 60 valence electrons. The normalized spacial score (nSPS) is 29.5. The minimum Gasteiger partial charge on any atom is -0.357 e. The largest absolute Gasteiger partial charge is 0.357 e. The lowest BCUT2D eigenvalue weighted by Crippen LogP contribution is -2.35. The number of halogens is 1. The first-order valence-electron chi connectivity index (χ1n) is 3.51. The number of hydrogen-bond acceptors (Lipinski definition) is 4. The van der Waals surface area contributed by atoms with E-state index in [0.717, 1.165) is 18.0 Å². The summed E-state index contributed by atoms with van der Waals surface area (Å²) in [6.07, 6.45) is 2.09. The third-order valence-corrected chi connectivity index (χ3v) is 2.75. The molecule has 1 aliphatic carbocycles. The highest BCUT2D eigenvalue weighted by molar-refractivity contribution is 7.13.